The first-order chi connectivity index (χ1) is 10.6. The lowest BCUT2D eigenvalue weighted by Crippen LogP contribution is -1.94. The van der Waals surface area contributed by atoms with Crippen LogP contribution >= 0.6 is 0 Å². The van der Waals surface area contributed by atoms with Crippen LogP contribution in [-0.4, -0.2) is 11.1 Å². The normalized spacial score (nSPS) is 13.3. The van der Waals surface area contributed by atoms with Crippen LogP contribution < -0.4 is 0 Å². The van der Waals surface area contributed by atoms with Gasteiger partial charge in [-0.25, -0.2) is 0 Å². The summed E-state index contributed by atoms with van der Waals surface area (Å²) in [5.41, 5.74) is 1.53. The van der Waals surface area contributed by atoms with Gasteiger partial charge in [-0.1, -0.05) is 76.9 Å². The quantitative estimate of drug-likeness (QED) is 0.268. The fraction of sp³-hybridized carbons (Fsp3) is 0.850. The van der Waals surface area contributed by atoms with Gasteiger partial charge in [-0.2, -0.15) is 0 Å². The Balaban J connectivity index is 3.49. The highest BCUT2D eigenvalue weighted by Gasteiger charge is 2.01. The van der Waals surface area contributed by atoms with Crippen molar-refractivity contribution in [2.24, 2.45) is 5.92 Å². The largest absolute Gasteiger partial charge is 0.481 e. The molecule has 0 aliphatic heterocycles. The molecule has 0 fully saturated rings. The van der Waals surface area contributed by atoms with E-state index in [1.165, 1.54) is 69.8 Å². The molecule has 1 unspecified atom stereocenters. The second-order valence-electron chi connectivity index (χ2n) is 6.90. The Morgan fingerprint density at radius 2 is 1.55 bits per heavy atom. The molecule has 0 heterocycles. The maximum Gasteiger partial charge on any atom is 0.303 e. The third-order valence-electron chi connectivity index (χ3n) is 4.38. The van der Waals surface area contributed by atoms with Crippen LogP contribution in [0.4, 0.5) is 0 Å². The van der Waals surface area contributed by atoms with Gasteiger partial charge in [0.1, 0.15) is 0 Å². The number of rotatable bonds is 15. The van der Waals surface area contributed by atoms with Crippen LogP contribution in [0.25, 0.3) is 0 Å². The van der Waals surface area contributed by atoms with E-state index >= 15 is 0 Å². The summed E-state index contributed by atoms with van der Waals surface area (Å²) in [5, 5.41) is 8.57. The van der Waals surface area contributed by atoms with Gasteiger partial charge in [0.15, 0.2) is 0 Å². The molecule has 0 aromatic rings. The lowest BCUT2D eigenvalue weighted by molar-refractivity contribution is -0.137. The molecular formula is C20H38O2. The summed E-state index contributed by atoms with van der Waals surface area (Å²) in [7, 11) is 0. The summed E-state index contributed by atoms with van der Waals surface area (Å²) in [6.07, 6.45) is 17.6. The average molecular weight is 311 g/mol. The Bertz CT molecular complexity index is 294. The first-order valence-corrected chi connectivity index (χ1v) is 9.43. The predicted molar refractivity (Wildman–Crippen MR) is 96.3 cm³/mol. The number of allylic oxidation sites excluding steroid dienone is 2. The average Bonchev–Trinajstić information content (AvgIpc) is 2.48. The third kappa shape index (κ3) is 15.6. The zero-order valence-electron chi connectivity index (χ0n) is 15.2. The zero-order valence-corrected chi connectivity index (χ0v) is 15.2. The molecule has 0 aromatic heterocycles. The Labute approximate surface area is 138 Å². The lowest BCUT2D eigenvalue weighted by Gasteiger charge is -2.09. The van der Waals surface area contributed by atoms with Crippen LogP contribution in [0.15, 0.2) is 11.6 Å². The molecule has 1 N–H and O–H groups in total. The minimum Gasteiger partial charge on any atom is -0.481 e. The number of carbonyl (C=O) groups is 1. The maximum atomic E-state index is 10.4. The highest BCUT2D eigenvalue weighted by Crippen LogP contribution is 2.17. The topological polar surface area (TPSA) is 37.3 Å². The van der Waals surface area contributed by atoms with Crippen molar-refractivity contribution in [2.45, 2.75) is 104 Å². The molecule has 0 bridgehead atoms. The molecule has 1 atom stereocenters. The Morgan fingerprint density at radius 3 is 2.18 bits per heavy atom. The molecule has 2 heteroatoms. The summed E-state index contributed by atoms with van der Waals surface area (Å²) in [6.45, 7) is 6.90. The van der Waals surface area contributed by atoms with Crippen molar-refractivity contribution >= 4 is 5.97 Å². The molecule has 0 aliphatic rings. The van der Waals surface area contributed by atoms with Gasteiger partial charge >= 0.3 is 5.97 Å². The first kappa shape index (κ1) is 21.2. The van der Waals surface area contributed by atoms with Crippen LogP contribution in [-0.2, 0) is 4.79 Å². The van der Waals surface area contributed by atoms with E-state index in [4.69, 9.17) is 5.11 Å². The fourth-order valence-corrected chi connectivity index (χ4v) is 2.75. The molecule has 0 saturated carbocycles. The van der Waals surface area contributed by atoms with Gasteiger partial charge in [0.25, 0.3) is 0 Å². The Hall–Kier alpha value is -0.790. The Morgan fingerprint density at radius 1 is 0.955 bits per heavy atom. The van der Waals surface area contributed by atoms with Crippen molar-refractivity contribution in [3.8, 4) is 0 Å². The van der Waals surface area contributed by atoms with E-state index in [0.717, 1.165) is 18.8 Å². The van der Waals surface area contributed by atoms with Gasteiger partial charge in [0.2, 0.25) is 0 Å². The first-order valence-electron chi connectivity index (χ1n) is 9.43. The van der Waals surface area contributed by atoms with Gasteiger partial charge in [0, 0.05) is 6.42 Å². The molecule has 2 nitrogen and oxygen atoms in total. The summed E-state index contributed by atoms with van der Waals surface area (Å²) >= 11 is 0. The number of unbranched alkanes of at least 4 members (excludes halogenated alkanes) is 7. The van der Waals surface area contributed by atoms with Crippen LogP contribution in [0.3, 0.4) is 0 Å². The van der Waals surface area contributed by atoms with E-state index in [-0.39, 0.29) is 0 Å². The molecular weight excluding hydrogens is 272 g/mol. The van der Waals surface area contributed by atoms with Gasteiger partial charge in [-0.05, 0) is 38.5 Å². The second-order valence-corrected chi connectivity index (χ2v) is 6.90. The number of aliphatic carboxylic acids is 1. The van der Waals surface area contributed by atoms with E-state index in [0.29, 0.717) is 6.42 Å². The zero-order chi connectivity index (χ0) is 16.6. The minimum absolute atomic E-state index is 0.328. The summed E-state index contributed by atoms with van der Waals surface area (Å²) in [5.74, 6) is 0.158. The summed E-state index contributed by atoms with van der Waals surface area (Å²) < 4.78 is 0. The standard InChI is InChI=1S/C20H38O2/c1-4-5-6-10-13-18(2)16-17-19(3)14-11-8-7-9-12-15-20(21)22/h17-18H,4-16H2,1-3H3,(H,21,22)/b19-17-. The smallest absolute Gasteiger partial charge is 0.303 e. The number of hydrogen-bond acceptors (Lipinski definition) is 1. The van der Waals surface area contributed by atoms with Gasteiger partial charge < -0.3 is 5.11 Å². The van der Waals surface area contributed by atoms with E-state index in [9.17, 15) is 4.79 Å². The van der Waals surface area contributed by atoms with E-state index in [1.54, 1.807) is 0 Å². The molecule has 0 radical (unpaired) electrons. The van der Waals surface area contributed by atoms with Crippen molar-refractivity contribution in [1.29, 1.82) is 0 Å². The van der Waals surface area contributed by atoms with E-state index < -0.39 is 5.97 Å². The molecule has 0 rings (SSSR count). The van der Waals surface area contributed by atoms with E-state index in [2.05, 4.69) is 26.8 Å². The number of carboxylic acid groups (broad SMARTS) is 1. The molecule has 130 valence electrons. The van der Waals surface area contributed by atoms with Crippen LogP contribution in [0, 0.1) is 5.92 Å². The number of hydrogen-bond donors (Lipinski definition) is 1. The fourth-order valence-electron chi connectivity index (χ4n) is 2.75. The Kier molecular flexibility index (Phi) is 14.6. The van der Waals surface area contributed by atoms with Gasteiger partial charge in [0.05, 0.1) is 0 Å². The molecule has 22 heavy (non-hydrogen) atoms. The molecule has 0 aromatic carbocycles. The highest BCUT2D eigenvalue weighted by molar-refractivity contribution is 5.66. The van der Waals surface area contributed by atoms with Crippen LogP contribution in [0.1, 0.15) is 104 Å². The van der Waals surface area contributed by atoms with Crippen molar-refractivity contribution in [3.63, 3.8) is 0 Å². The van der Waals surface area contributed by atoms with Crippen LogP contribution in [0.2, 0.25) is 0 Å². The van der Waals surface area contributed by atoms with Crippen molar-refractivity contribution in [2.75, 3.05) is 0 Å². The van der Waals surface area contributed by atoms with Gasteiger partial charge in [-0.3, -0.25) is 4.79 Å². The second kappa shape index (κ2) is 15.1. The van der Waals surface area contributed by atoms with Gasteiger partial charge in [-0.15, -0.1) is 0 Å². The molecule has 0 amide bonds. The van der Waals surface area contributed by atoms with Crippen molar-refractivity contribution in [3.05, 3.63) is 11.6 Å². The molecule has 0 spiro atoms. The van der Waals surface area contributed by atoms with Crippen LogP contribution in [0.5, 0.6) is 0 Å². The molecule has 0 saturated heterocycles. The van der Waals surface area contributed by atoms with E-state index in [1.807, 2.05) is 0 Å². The lowest BCUT2D eigenvalue weighted by atomic mass is 9.97. The molecule has 0 aliphatic carbocycles. The SMILES string of the molecule is CCCCCCC(C)C/C=C(/C)CCCCCCCC(=O)O. The summed E-state index contributed by atoms with van der Waals surface area (Å²) in [6, 6.07) is 0. The van der Waals surface area contributed by atoms with Crippen molar-refractivity contribution in [1.82, 2.24) is 0 Å². The number of carboxylic acids is 1. The summed E-state index contributed by atoms with van der Waals surface area (Å²) in [4.78, 5) is 10.4. The highest BCUT2D eigenvalue weighted by atomic mass is 16.4. The predicted octanol–water partition coefficient (Wildman–Crippen LogP) is 6.74. The third-order valence-corrected chi connectivity index (χ3v) is 4.38. The monoisotopic (exact) mass is 310 g/mol. The van der Waals surface area contributed by atoms with Crippen molar-refractivity contribution < 1.29 is 9.90 Å². The minimum atomic E-state index is -0.664. The maximum absolute atomic E-state index is 10.4.